The van der Waals surface area contributed by atoms with Crippen LogP contribution in [0, 0.1) is 10.1 Å². The summed E-state index contributed by atoms with van der Waals surface area (Å²) in [5.41, 5.74) is -0.135. The number of hydrogen-bond acceptors (Lipinski definition) is 5. The summed E-state index contributed by atoms with van der Waals surface area (Å²) in [6.45, 7) is 1.27. The fraction of sp³-hybridized carbons (Fsp3) is 0.0833. The zero-order valence-corrected chi connectivity index (χ0v) is 12.2. The first-order valence-electron chi connectivity index (χ1n) is 5.64. The number of amides is 1. The van der Waals surface area contributed by atoms with Gasteiger partial charge in [0.25, 0.3) is 14.7 Å². The molecule has 1 N–H and O–H groups in total. The maximum Gasteiger partial charge on any atom is 0.278 e. The van der Waals surface area contributed by atoms with Crippen molar-refractivity contribution in [2.45, 2.75) is 11.8 Å². The Hall–Kier alpha value is -2.19. The average molecular weight is 329 g/mol. The van der Waals surface area contributed by atoms with Gasteiger partial charge in [-0.05, 0) is 12.1 Å². The molecule has 2 aromatic carbocycles. The Morgan fingerprint density at radius 2 is 1.95 bits per heavy atom. The fourth-order valence-corrected chi connectivity index (χ4v) is 3.09. The molecule has 0 bridgehead atoms. The van der Waals surface area contributed by atoms with Gasteiger partial charge in [-0.1, -0.05) is 12.1 Å². The highest BCUT2D eigenvalue weighted by Crippen LogP contribution is 2.37. The molecule has 0 aromatic heterocycles. The lowest BCUT2D eigenvalue weighted by Crippen LogP contribution is -2.07. The molecule has 0 fully saturated rings. The van der Waals surface area contributed by atoms with E-state index in [1.54, 1.807) is 0 Å². The van der Waals surface area contributed by atoms with Crippen molar-refractivity contribution in [2.75, 3.05) is 5.32 Å². The average Bonchev–Trinajstić information content (AvgIpc) is 2.36. The Labute approximate surface area is 124 Å². The van der Waals surface area contributed by atoms with Gasteiger partial charge >= 0.3 is 0 Å². The molecule has 0 aliphatic heterocycles. The molecule has 2 rings (SSSR count). The number of carbonyl (C=O) groups is 1. The minimum absolute atomic E-state index is 0.135. The Bertz CT molecular complexity index is 863. The largest absolute Gasteiger partial charge is 0.326 e. The van der Waals surface area contributed by atoms with Crippen LogP contribution in [0.3, 0.4) is 0 Å². The van der Waals surface area contributed by atoms with Crippen molar-refractivity contribution in [1.29, 1.82) is 0 Å². The number of non-ortho nitro benzene ring substituents is 1. The molecule has 0 aliphatic rings. The summed E-state index contributed by atoms with van der Waals surface area (Å²) in [7, 11) is 1.16. The molecule has 7 nitrogen and oxygen atoms in total. The number of halogens is 1. The highest BCUT2D eigenvalue weighted by Gasteiger charge is 2.23. The topological polar surface area (TPSA) is 106 Å². The van der Waals surface area contributed by atoms with Crippen LogP contribution in [0.25, 0.3) is 10.8 Å². The lowest BCUT2D eigenvalue weighted by atomic mass is 10.1. The van der Waals surface area contributed by atoms with Crippen LogP contribution in [0.4, 0.5) is 11.4 Å². The van der Waals surface area contributed by atoms with Gasteiger partial charge < -0.3 is 5.32 Å². The first kappa shape index (κ1) is 15.2. The van der Waals surface area contributed by atoms with E-state index in [0.29, 0.717) is 0 Å². The molecule has 0 saturated heterocycles. The smallest absolute Gasteiger partial charge is 0.278 e. The molecule has 0 spiro atoms. The van der Waals surface area contributed by atoms with Crippen molar-refractivity contribution in [3.63, 3.8) is 0 Å². The lowest BCUT2D eigenvalue weighted by molar-refractivity contribution is -0.383. The summed E-state index contributed by atoms with van der Waals surface area (Å²) in [6.07, 6.45) is 0. The monoisotopic (exact) mass is 328 g/mol. The molecule has 0 heterocycles. The molecule has 9 heteroatoms. The van der Waals surface area contributed by atoms with Crippen LogP contribution in [-0.4, -0.2) is 19.2 Å². The molecule has 1 amide bonds. The van der Waals surface area contributed by atoms with Gasteiger partial charge in [0, 0.05) is 34.7 Å². The maximum absolute atomic E-state index is 11.6. The van der Waals surface area contributed by atoms with E-state index in [1.165, 1.54) is 31.2 Å². The Morgan fingerprint density at radius 3 is 2.48 bits per heavy atom. The van der Waals surface area contributed by atoms with E-state index in [-0.39, 0.29) is 27.3 Å². The molecule has 0 aliphatic carbocycles. The second-order valence-electron chi connectivity index (χ2n) is 4.19. The van der Waals surface area contributed by atoms with Crippen LogP contribution in [-0.2, 0) is 13.8 Å². The van der Waals surface area contributed by atoms with Gasteiger partial charge in [0.1, 0.15) is 0 Å². The normalized spacial score (nSPS) is 11.3. The lowest BCUT2D eigenvalue weighted by Gasteiger charge is -2.09. The number of nitrogens with one attached hydrogen (secondary N) is 1. The van der Waals surface area contributed by atoms with Crippen LogP contribution in [0.2, 0.25) is 0 Å². The second kappa shape index (κ2) is 5.30. The van der Waals surface area contributed by atoms with Crippen LogP contribution < -0.4 is 5.32 Å². The zero-order chi connectivity index (χ0) is 15.8. The number of nitro benzene ring substituents is 1. The first-order chi connectivity index (χ1) is 9.71. The van der Waals surface area contributed by atoms with Gasteiger partial charge in [0.2, 0.25) is 5.91 Å². The van der Waals surface area contributed by atoms with Crippen molar-refractivity contribution in [3.8, 4) is 0 Å². The number of hydrogen-bond donors (Lipinski definition) is 1. The van der Waals surface area contributed by atoms with E-state index in [0.717, 1.165) is 6.07 Å². The van der Waals surface area contributed by atoms with E-state index in [4.69, 9.17) is 10.7 Å². The Morgan fingerprint density at radius 1 is 1.29 bits per heavy atom. The third-order valence-corrected chi connectivity index (χ3v) is 4.11. The number of benzene rings is 2. The summed E-state index contributed by atoms with van der Waals surface area (Å²) in [4.78, 5) is 21.2. The number of carbonyl (C=O) groups excluding carboxylic acids is 1. The molecule has 2 aromatic rings. The summed E-state index contributed by atoms with van der Waals surface area (Å²) in [5, 5.41) is 13.7. The minimum Gasteiger partial charge on any atom is -0.326 e. The quantitative estimate of drug-likeness (QED) is 0.529. The molecular formula is C12H9ClN2O5S. The van der Waals surface area contributed by atoms with Gasteiger partial charge in [0.05, 0.1) is 15.2 Å². The Kier molecular flexibility index (Phi) is 3.84. The standard InChI is InChI=1S/C12H9ClN2O5S/c1-7(16)14-9-5-6-10(15(17)18)12-8(9)3-2-4-11(12)21(13,19)20/h2-6H,1H3,(H,14,16). The van der Waals surface area contributed by atoms with Crippen LogP contribution >= 0.6 is 10.7 Å². The molecule has 110 valence electrons. The number of anilines is 1. The van der Waals surface area contributed by atoms with Crippen LogP contribution in [0.15, 0.2) is 35.2 Å². The summed E-state index contributed by atoms with van der Waals surface area (Å²) in [6, 6.07) is 6.51. The van der Waals surface area contributed by atoms with Crippen molar-refractivity contribution in [1.82, 2.24) is 0 Å². The van der Waals surface area contributed by atoms with E-state index in [9.17, 15) is 23.3 Å². The molecular weight excluding hydrogens is 320 g/mol. The predicted octanol–water partition coefficient (Wildman–Crippen LogP) is 2.63. The molecule has 21 heavy (non-hydrogen) atoms. The van der Waals surface area contributed by atoms with E-state index in [2.05, 4.69) is 5.32 Å². The zero-order valence-electron chi connectivity index (χ0n) is 10.7. The maximum atomic E-state index is 11.6. The minimum atomic E-state index is -4.18. The predicted molar refractivity (Wildman–Crippen MR) is 77.9 cm³/mol. The first-order valence-corrected chi connectivity index (χ1v) is 7.95. The summed E-state index contributed by atoms with van der Waals surface area (Å²) in [5.74, 6) is -0.385. The van der Waals surface area contributed by atoms with E-state index in [1.807, 2.05) is 0 Å². The summed E-state index contributed by atoms with van der Waals surface area (Å²) < 4.78 is 23.2. The van der Waals surface area contributed by atoms with Gasteiger partial charge in [-0.2, -0.15) is 0 Å². The molecule has 0 radical (unpaired) electrons. The fourth-order valence-electron chi connectivity index (χ4n) is 2.01. The Balaban J connectivity index is 2.96. The number of nitro groups is 1. The molecule has 0 saturated carbocycles. The SMILES string of the molecule is CC(=O)Nc1ccc([N+](=O)[O-])c2c(S(=O)(=O)Cl)cccc12. The highest BCUT2D eigenvalue weighted by atomic mass is 35.7. The van der Waals surface area contributed by atoms with Crippen LogP contribution in [0.5, 0.6) is 0 Å². The second-order valence-corrected chi connectivity index (χ2v) is 6.72. The molecule has 0 atom stereocenters. The van der Waals surface area contributed by atoms with Crippen molar-refractivity contribution in [2.24, 2.45) is 0 Å². The molecule has 0 unspecified atom stereocenters. The third-order valence-electron chi connectivity index (χ3n) is 2.75. The van der Waals surface area contributed by atoms with Gasteiger partial charge in [-0.3, -0.25) is 14.9 Å². The van der Waals surface area contributed by atoms with Crippen molar-refractivity contribution < 1.29 is 18.1 Å². The van der Waals surface area contributed by atoms with Gasteiger partial charge in [-0.25, -0.2) is 8.42 Å². The van der Waals surface area contributed by atoms with Crippen molar-refractivity contribution >= 4 is 47.8 Å². The van der Waals surface area contributed by atoms with E-state index >= 15 is 0 Å². The number of fused-ring (bicyclic) bond motifs is 1. The van der Waals surface area contributed by atoms with Crippen LogP contribution in [0.1, 0.15) is 6.92 Å². The number of rotatable bonds is 3. The van der Waals surface area contributed by atoms with Gasteiger partial charge in [-0.15, -0.1) is 0 Å². The van der Waals surface area contributed by atoms with Gasteiger partial charge in [0.15, 0.2) is 0 Å². The van der Waals surface area contributed by atoms with Crippen molar-refractivity contribution in [3.05, 3.63) is 40.4 Å². The van der Waals surface area contributed by atoms with E-state index < -0.39 is 19.7 Å². The summed E-state index contributed by atoms with van der Waals surface area (Å²) >= 11 is 0. The number of nitrogens with zero attached hydrogens (tertiary/aromatic N) is 1. The third kappa shape index (κ3) is 2.96. The highest BCUT2D eigenvalue weighted by molar-refractivity contribution is 8.14.